The SMILES string of the molecule is COc1c(Cl)cc(COCC2CC2)cc1CCN. The fourth-order valence-corrected chi connectivity index (χ4v) is 2.33. The Morgan fingerprint density at radius 3 is 2.78 bits per heavy atom. The highest BCUT2D eigenvalue weighted by atomic mass is 35.5. The highest BCUT2D eigenvalue weighted by molar-refractivity contribution is 6.32. The number of halogens is 1. The summed E-state index contributed by atoms with van der Waals surface area (Å²) in [6.07, 6.45) is 3.38. The predicted molar refractivity (Wildman–Crippen MR) is 73.1 cm³/mol. The van der Waals surface area contributed by atoms with Crippen LogP contribution in [0.1, 0.15) is 24.0 Å². The first-order chi connectivity index (χ1) is 8.74. The Kier molecular flexibility index (Phi) is 4.87. The van der Waals surface area contributed by atoms with Gasteiger partial charge in [0.2, 0.25) is 0 Å². The van der Waals surface area contributed by atoms with Crippen LogP contribution in [-0.2, 0) is 17.8 Å². The van der Waals surface area contributed by atoms with Crippen LogP contribution in [0.3, 0.4) is 0 Å². The molecule has 0 spiro atoms. The highest BCUT2D eigenvalue weighted by Gasteiger charge is 2.21. The van der Waals surface area contributed by atoms with Gasteiger partial charge in [0, 0.05) is 6.61 Å². The van der Waals surface area contributed by atoms with E-state index < -0.39 is 0 Å². The Morgan fingerprint density at radius 2 is 2.17 bits per heavy atom. The van der Waals surface area contributed by atoms with Gasteiger partial charge in [-0.1, -0.05) is 11.6 Å². The molecule has 0 aliphatic heterocycles. The van der Waals surface area contributed by atoms with E-state index in [2.05, 4.69) is 6.07 Å². The molecule has 3 nitrogen and oxygen atoms in total. The van der Waals surface area contributed by atoms with Crippen LogP contribution in [0.5, 0.6) is 5.75 Å². The van der Waals surface area contributed by atoms with Crippen LogP contribution in [0, 0.1) is 5.92 Å². The second kappa shape index (κ2) is 6.41. The summed E-state index contributed by atoms with van der Waals surface area (Å²) in [4.78, 5) is 0. The zero-order chi connectivity index (χ0) is 13.0. The molecule has 0 atom stereocenters. The van der Waals surface area contributed by atoms with Crippen molar-refractivity contribution in [3.05, 3.63) is 28.3 Å². The predicted octanol–water partition coefficient (Wildman–Crippen LogP) is 2.78. The lowest BCUT2D eigenvalue weighted by Gasteiger charge is -2.12. The van der Waals surface area contributed by atoms with Crippen LogP contribution in [0.25, 0.3) is 0 Å². The first kappa shape index (κ1) is 13.7. The third-order valence-corrected chi connectivity index (χ3v) is 3.40. The normalized spacial score (nSPS) is 14.8. The van der Waals surface area contributed by atoms with E-state index >= 15 is 0 Å². The molecule has 0 heterocycles. The summed E-state index contributed by atoms with van der Waals surface area (Å²) in [7, 11) is 1.63. The Labute approximate surface area is 113 Å². The third-order valence-electron chi connectivity index (χ3n) is 3.12. The number of methoxy groups -OCH3 is 1. The van der Waals surface area contributed by atoms with E-state index in [1.807, 2.05) is 6.07 Å². The zero-order valence-corrected chi connectivity index (χ0v) is 11.5. The van der Waals surface area contributed by atoms with Crippen LogP contribution in [0.4, 0.5) is 0 Å². The van der Waals surface area contributed by atoms with E-state index in [4.69, 9.17) is 26.8 Å². The van der Waals surface area contributed by atoms with E-state index in [1.165, 1.54) is 12.8 Å². The molecule has 2 rings (SSSR count). The molecule has 100 valence electrons. The van der Waals surface area contributed by atoms with E-state index in [0.29, 0.717) is 18.2 Å². The second-order valence-corrected chi connectivity index (χ2v) is 5.17. The molecule has 1 aromatic carbocycles. The van der Waals surface area contributed by atoms with Crippen LogP contribution < -0.4 is 10.5 Å². The van der Waals surface area contributed by atoms with Gasteiger partial charge in [0.25, 0.3) is 0 Å². The fourth-order valence-electron chi connectivity index (χ4n) is 1.99. The minimum absolute atomic E-state index is 0.582. The fraction of sp³-hybridized carbons (Fsp3) is 0.571. The lowest BCUT2D eigenvalue weighted by molar-refractivity contribution is 0.111. The smallest absolute Gasteiger partial charge is 0.140 e. The van der Waals surface area contributed by atoms with Crippen molar-refractivity contribution in [3.63, 3.8) is 0 Å². The molecule has 0 aromatic heterocycles. The van der Waals surface area contributed by atoms with Gasteiger partial charge in [-0.05, 0) is 55.0 Å². The van der Waals surface area contributed by atoms with Crippen LogP contribution in [-0.4, -0.2) is 20.3 Å². The molecule has 2 N–H and O–H groups in total. The summed E-state index contributed by atoms with van der Waals surface area (Å²) >= 11 is 6.20. The minimum Gasteiger partial charge on any atom is -0.495 e. The number of ether oxygens (including phenoxy) is 2. The molecular formula is C14H20ClNO2. The van der Waals surface area contributed by atoms with Crippen molar-refractivity contribution in [1.82, 2.24) is 0 Å². The van der Waals surface area contributed by atoms with Crippen LogP contribution in [0.15, 0.2) is 12.1 Å². The first-order valence-electron chi connectivity index (χ1n) is 6.37. The number of hydrogen-bond acceptors (Lipinski definition) is 3. The molecule has 18 heavy (non-hydrogen) atoms. The number of benzene rings is 1. The van der Waals surface area contributed by atoms with Crippen molar-refractivity contribution >= 4 is 11.6 Å². The lowest BCUT2D eigenvalue weighted by atomic mass is 10.1. The molecule has 0 unspecified atom stereocenters. The molecule has 1 aliphatic carbocycles. The van der Waals surface area contributed by atoms with Crippen molar-refractivity contribution in [2.24, 2.45) is 11.7 Å². The van der Waals surface area contributed by atoms with Gasteiger partial charge in [-0.15, -0.1) is 0 Å². The maximum atomic E-state index is 6.20. The Bertz CT molecular complexity index is 405. The number of rotatable bonds is 7. The standard InChI is InChI=1S/C14H20ClNO2/c1-17-14-12(4-5-16)6-11(7-13(14)15)9-18-8-10-2-3-10/h6-7,10H,2-5,8-9,16H2,1H3. The number of nitrogens with two attached hydrogens (primary N) is 1. The quantitative estimate of drug-likeness (QED) is 0.828. The largest absolute Gasteiger partial charge is 0.495 e. The molecule has 0 radical (unpaired) electrons. The Hall–Kier alpha value is -0.770. The molecule has 1 aromatic rings. The molecule has 1 saturated carbocycles. The van der Waals surface area contributed by atoms with Gasteiger partial charge in [0.1, 0.15) is 5.75 Å². The molecule has 0 saturated heterocycles. The first-order valence-corrected chi connectivity index (χ1v) is 6.75. The monoisotopic (exact) mass is 269 g/mol. The summed E-state index contributed by atoms with van der Waals surface area (Å²) in [6, 6.07) is 3.98. The van der Waals surface area contributed by atoms with Gasteiger partial charge >= 0.3 is 0 Å². The molecule has 0 amide bonds. The molecule has 1 aliphatic rings. The average molecular weight is 270 g/mol. The van der Waals surface area contributed by atoms with Crippen molar-refractivity contribution in [3.8, 4) is 5.75 Å². The highest BCUT2D eigenvalue weighted by Crippen LogP contribution is 2.32. The summed E-state index contributed by atoms with van der Waals surface area (Å²) in [6.45, 7) is 2.05. The summed E-state index contributed by atoms with van der Waals surface area (Å²) in [5, 5.41) is 0.633. The van der Waals surface area contributed by atoms with Crippen molar-refractivity contribution in [2.45, 2.75) is 25.9 Å². The average Bonchev–Trinajstić information content (AvgIpc) is 3.13. The number of hydrogen-bond donors (Lipinski definition) is 1. The van der Waals surface area contributed by atoms with Crippen LogP contribution >= 0.6 is 11.6 Å². The maximum Gasteiger partial charge on any atom is 0.140 e. The lowest BCUT2D eigenvalue weighted by Crippen LogP contribution is -2.06. The minimum atomic E-state index is 0.582. The van der Waals surface area contributed by atoms with Gasteiger partial charge in [0.05, 0.1) is 18.7 Å². The summed E-state index contributed by atoms with van der Waals surface area (Å²) < 4.78 is 11.0. The second-order valence-electron chi connectivity index (χ2n) is 4.77. The van der Waals surface area contributed by atoms with Crippen molar-refractivity contribution in [1.29, 1.82) is 0 Å². The van der Waals surface area contributed by atoms with Gasteiger partial charge in [0.15, 0.2) is 0 Å². The molecule has 0 bridgehead atoms. The van der Waals surface area contributed by atoms with Crippen molar-refractivity contribution in [2.75, 3.05) is 20.3 Å². The van der Waals surface area contributed by atoms with Gasteiger partial charge in [-0.3, -0.25) is 0 Å². The molecule has 4 heteroatoms. The van der Waals surface area contributed by atoms with E-state index in [-0.39, 0.29) is 0 Å². The van der Waals surface area contributed by atoms with E-state index in [1.54, 1.807) is 7.11 Å². The Morgan fingerprint density at radius 1 is 1.39 bits per heavy atom. The van der Waals surface area contributed by atoms with Crippen LogP contribution in [0.2, 0.25) is 5.02 Å². The summed E-state index contributed by atoms with van der Waals surface area (Å²) in [5.74, 6) is 1.51. The molecular weight excluding hydrogens is 250 g/mol. The van der Waals surface area contributed by atoms with E-state index in [0.717, 1.165) is 35.8 Å². The van der Waals surface area contributed by atoms with E-state index in [9.17, 15) is 0 Å². The zero-order valence-electron chi connectivity index (χ0n) is 10.7. The maximum absolute atomic E-state index is 6.20. The Balaban J connectivity index is 2.04. The third kappa shape index (κ3) is 3.61. The molecule has 1 fully saturated rings. The van der Waals surface area contributed by atoms with Gasteiger partial charge in [-0.2, -0.15) is 0 Å². The van der Waals surface area contributed by atoms with Gasteiger partial charge in [-0.25, -0.2) is 0 Å². The van der Waals surface area contributed by atoms with Crippen molar-refractivity contribution < 1.29 is 9.47 Å². The van der Waals surface area contributed by atoms with Gasteiger partial charge < -0.3 is 15.2 Å². The summed E-state index contributed by atoms with van der Waals surface area (Å²) in [5.41, 5.74) is 7.74. The topological polar surface area (TPSA) is 44.5 Å².